The molecule has 2 aromatic rings. The zero-order valence-electron chi connectivity index (χ0n) is 17.9. The lowest BCUT2D eigenvalue weighted by molar-refractivity contribution is -0.140. The number of carbonyl (C=O) groups is 2. The summed E-state index contributed by atoms with van der Waals surface area (Å²) in [5.41, 5.74) is 7.59. The van der Waals surface area contributed by atoms with Crippen molar-refractivity contribution in [3.8, 4) is 23.3 Å². The largest absolute Gasteiger partial charge is 0.471 e. The first-order valence-electron chi connectivity index (χ1n) is 10.3. The standard InChI is InChI=1S/C21H22N6O7/c22-7-12-2-1-3-13(6-12)17-24-16(23)15(19(25-17)34-14-4-5-32-8-14)18(28)26-33-11-21(31)9-27(10-21)20(29)30/h1-3,6,14,31H,4-5,8-11H2,(H,26,28)(H,29,30)(H2,23,24,25)/t14-/m0/s1. The summed E-state index contributed by atoms with van der Waals surface area (Å²) in [6, 6.07) is 8.62. The number of likely N-dealkylation sites (tertiary alicyclic amines) is 1. The molecular weight excluding hydrogens is 448 g/mol. The molecule has 2 aliphatic rings. The predicted molar refractivity (Wildman–Crippen MR) is 114 cm³/mol. The number of nitrogens with zero attached hydrogens (tertiary/aromatic N) is 4. The SMILES string of the molecule is N#Cc1cccc(-c2nc(N)c(C(=O)NOCC3(O)CN(C(=O)O)C3)c(O[C@H]3CCOC3)n2)c1. The van der Waals surface area contributed by atoms with E-state index in [1.165, 1.54) is 0 Å². The Morgan fingerprint density at radius 3 is 2.85 bits per heavy atom. The van der Waals surface area contributed by atoms with Crippen LogP contribution >= 0.6 is 0 Å². The molecule has 0 radical (unpaired) electrons. The number of hydrogen-bond acceptors (Lipinski definition) is 10. The zero-order valence-corrected chi connectivity index (χ0v) is 17.9. The van der Waals surface area contributed by atoms with Crippen molar-refractivity contribution in [3.63, 3.8) is 0 Å². The average Bonchev–Trinajstić information content (AvgIpc) is 3.30. The quantitative estimate of drug-likeness (QED) is 0.402. The Labute approximate surface area is 193 Å². The number of aromatic nitrogens is 2. The first-order valence-corrected chi connectivity index (χ1v) is 10.3. The molecule has 2 fully saturated rings. The summed E-state index contributed by atoms with van der Waals surface area (Å²) in [6.45, 7) is 0.188. The maximum absolute atomic E-state index is 12.8. The second kappa shape index (κ2) is 9.48. The van der Waals surface area contributed by atoms with Crippen molar-refractivity contribution in [3.05, 3.63) is 35.4 Å². The molecule has 13 nitrogen and oxygen atoms in total. The number of hydroxylamine groups is 1. The van der Waals surface area contributed by atoms with Crippen molar-refractivity contribution in [1.82, 2.24) is 20.3 Å². The summed E-state index contributed by atoms with van der Waals surface area (Å²) in [6.07, 6.45) is -0.914. The second-order valence-corrected chi connectivity index (χ2v) is 7.99. The number of hydrogen-bond donors (Lipinski definition) is 4. The molecule has 34 heavy (non-hydrogen) atoms. The normalized spacial score (nSPS) is 18.6. The molecule has 5 N–H and O–H groups in total. The smallest absolute Gasteiger partial charge is 0.407 e. The number of nitrogen functional groups attached to an aromatic ring is 1. The van der Waals surface area contributed by atoms with Crippen molar-refractivity contribution in [2.75, 3.05) is 38.6 Å². The minimum Gasteiger partial charge on any atom is -0.471 e. The number of carboxylic acid groups (broad SMARTS) is 1. The predicted octanol–water partition coefficient (Wildman–Crippen LogP) is 0.151. The number of β-amino-alcohol motifs (C(OH)–C–C–N with tert-alkyl or cyclic N) is 1. The molecular formula is C21H22N6O7. The van der Waals surface area contributed by atoms with Gasteiger partial charge < -0.3 is 30.3 Å². The highest BCUT2D eigenvalue weighted by Gasteiger charge is 2.44. The molecule has 2 amide bonds. The van der Waals surface area contributed by atoms with Gasteiger partial charge in [-0.3, -0.25) is 9.63 Å². The van der Waals surface area contributed by atoms with E-state index in [9.17, 15) is 14.7 Å². The number of ether oxygens (including phenoxy) is 2. The van der Waals surface area contributed by atoms with Crippen molar-refractivity contribution >= 4 is 17.8 Å². The lowest BCUT2D eigenvalue weighted by Crippen LogP contribution is -2.65. The van der Waals surface area contributed by atoms with Gasteiger partial charge in [0, 0.05) is 12.0 Å². The van der Waals surface area contributed by atoms with Gasteiger partial charge in [0.2, 0.25) is 5.88 Å². The number of nitrogens with two attached hydrogens (primary N) is 1. The van der Waals surface area contributed by atoms with E-state index < -0.39 is 17.6 Å². The molecule has 1 aromatic heterocycles. The Morgan fingerprint density at radius 2 is 2.18 bits per heavy atom. The monoisotopic (exact) mass is 470 g/mol. The third kappa shape index (κ3) is 4.99. The van der Waals surface area contributed by atoms with Crippen LogP contribution in [0.4, 0.5) is 10.6 Å². The fourth-order valence-electron chi connectivity index (χ4n) is 3.55. The van der Waals surface area contributed by atoms with Crippen LogP contribution in [0.2, 0.25) is 0 Å². The number of aliphatic hydroxyl groups is 1. The van der Waals surface area contributed by atoms with Gasteiger partial charge in [0.25, 0.3) is 5.91 Å². The van der Waals surface area contributed by atoms with Gasteiger partial charge >= 0.3 is 6.09 Å². The summed E-state index contributed by atoms with van der Waals surface area (Å²) in [4.78, 5) is 38.4. The van der Waals surface area contributed by atoms with Gasteiger partial charge in [-0.25, -0.2) is 15.3 Å². The molecule has 2 saturated heterocycles. The molecule has 1 atom stereocenters. The maximum Gasteiger partial charge on any atom is 0.407 e. The third-order valence-corrected chi connectivity index (χ3v) is 5.29. The zero-order chi connectivity index (χ0) is 24.3. The van der Waals surface area contributed by atoms with Crippen LogP contribution in [0.5, 0.6) is 5.88 Å². The minimum absolute atomic E-state index is 0.0825. The number of rotatable bonds is 7. The molecule has 2 aliphatic heterocycles. The fraction of sp³-hybridized carbons (Fsp3) is 0.381. The van der Waals surface area contributed by atoms with Gasteiger partial charge in [0.05, 0.1) is 37.9 Å². The van der Waals surface area contributed by atoms with Crippen LogP contribution in [-0.4, -0.2) is 81.7 Å². The molecule has 3 heterocycles. The van der Waals surface area contributed by atoms with Gasteiger partial charge in [-0.1, -0.05) is 12.1 Å². The molecule has 0 spiro atoms. The molecule has 0 aliphatic carbocycles. The lowest BCUT2D eigenvalue weighted by Gasteiger charge is -2.44. The van der Waals surface area contributed by atoms with Crippen LogP contribution < -0.4 is 16.0 Å². The van der Waals surface area contributed by atoms with E-state index in [1.807, 2.05) is 6.07 Å². The number of nitriles is 1. The van der Waals surface area contributed by atoms with Gasteiger partial charge in [-0.15, -0.1) is 0 Å². The molecule has 1 aromatic carbocycles. The van der Waals surface area contributed by atoms with Crippen LogP contribution in [0.25, 0.3) is 11.4 Å². The topological polar surface area (TPSA) is 193 Å². The summed E-state index contributed by atoms with van der Waals surface area (Å²) in [7, 11) is 0. The average molecular weight is 470 g/mol. The molecule has 13 heteroatoms. The first-order chi connectivity index (χ1) is 16.3. The van der Waals surface area contributed by atoms with Crippen LogP contribution in [0.15, 0.2) is 24.3 Å². The van der Waals surface area contributed by atoms with Crippen LogP contribution in [-0.2, 0) is 9.57 Å². The Bertz CT molecular complexity index is 1140. The highest BCUT2D eigenvalue weighted by Crippen LogP contribution is 2.28. The number of anilines is 1. The van der Waals surface area contributed by atoms with Crippen LogP contribution in [0, 0.1) is 11.3 Å². The highest BCUT2D eigenvalue weighted by atomic mass is 16.7. The molecule has 0 unspecified atom stereocenters. The minimum atomic E-state index is -1.41. The van der Waals surface area contributed by atoms with Gasteiger partial charge in [-0.05, 0) is 12.1 Å². The van der Waals surface area contributed by atoms with Gasteiger partial charge in [0.1, 0.15) is 29.7 Å². The van der Waals surface area contributed by atoms with Crippen molar-refractivity contribution < 1.29 is 34.1 Å². The van der Waals surface area contributed by atoms with Crippen LogP contribution in [0.3, 0.4) is 0 Å². The second-order valence-electron chi connectivity index (χ2n) is 7.99. The van der Waals surface area contributed by atoms with Gasteiger partial charge in [-0.2, -0.15) is 10.2 Å². The number of carbonyl (C=O) groups excluding carboxylic acids is 1. The van der Waals surface area contributed by atoms with Gasteiger partial charge in [0.15, 0.2) is 5.82 Å². The Balaban J connectivity index is 1.53. The molecule has 4 rings (SSSR count). The third-order valence-electron chi connectivity index (χ3n) is 5.29. The Morgan fingerprint density at radius 1 is 1.38 bits per heavy atom. The molecule has 0 bridgehead atoms. The van der Waals surface area contributed by atoms with E-state index >= 15 is 0 Å². The molecule has 178 valence electrons. The van der Waals surface area contributed by atoms with Crippen molar-refractivity contribution in [2.24, 2.45) is 0 Å². The fourth-order valence-corrected chi connectivity index (χ4v) is 3.55. The summed E-state index contributed by atoms with van der Waals surface area (Å²) < 4.78 is 11.2. The van der Waals surface area contributed by atoms with E-state index in [4.69, 9.17) is 30.4 Å². The van der Waals surface area contributed by atoms with Crippen molar-refractivity contribution in [1.29, 1.82) is 5.26 Å². The first kappa shape index (κ1) is 23.2. The Kier molecular flexibility index (Phi) is 6.46. The van der Waals surface area contributed by atoms with E-state index in [1.54, 1.807) is 24.3 Å². The maximum atomic E-state index is 12.8. The van der Waals surface area contributed by atoms with E-state index in [0.717, 1.165) is 4.90 Å². The summed E-state index contributed by atoms with van der Waals surface area (Å²) in [5.74, 6) is -0.900. The molecule has 0 saturated carbocycles. The van der Waals surface area contributed by atoms with E-state index in [0.29, 0.717) is 30.8 Å². The lowest BCUT2D eigenvalue weighted by atomic mass is 9.96. The summed E-state index contributed by atoms with van der Waals surface area (Å²) in [5, 5.41) is 28.3. The number of nitrogens with one attached hydrogen (secondary N) is 1. The number of benzene rings is 1. The van der Waals surface area contributed by atoms with Crippen molar-refractivity contribution in [2.45, 2.75) is 18.1 Å². The Hall–Kier alpha value is -3.99. The summed E-state index contributed by atoms with van der Waals surface area (Å²) >= 11 is 0. The van der Waals surface area contributed by atoms with E-state index in [-0.39, 0.29) is 48.9 Å². The van der Waals surface area contributed by atoms with E-state index in [2.05, 4.69) is 15.4 Å². The van der Waals surface area contributed by atoms with Crippen LogP contribution in [0.1, 0.15) is 22.3 Å². The highest BCUT2D eigenvalue weighted by molar-refractivity contribution is 6.00. The number of amides is 2.